The SMILES string of the molecule is CCCCCCCCc1cc[cH-]c1.[Cl-].[Cl-].[Zr+3]. The molecule has 0 bridgehead atoms. The Morgan fingerprint density at radius 1 is 1.00 bits per heavy atom. The van der Waals surface area contributed by atoms with Crippen LogP contribution in [-0.4, -0.2) is 0 Å². The van der Waals surface area contributed by atoms with Crippen LogP contribution in [0, 0.1) is 0 Å². The number of hydrogen-bond acceptors (Lipinski definition) is 0. The number of aryl methyl sites for hydroxylation is 1. The molecule has 0 spiro atoms. The second kappa shape index (κ2) is 15.8. The van der Waals surface area contributed by atoms with Gasteiger partial charge >= 0.3 is 26.2 Å². The van der Waals surface area contributed by atoms with E-state index in [0.717, 1.165) is 0 Å². The first kappa shape index (κ1) is 22.0. The van der Waals surface area contributed by atoms with E-state index in [-0.39, 0.29) is 51.0 Å². The molecule has 16 heavy (non-hydrogen) atoms. The Morgan fingerprint density at radius 2 is 1.62 bits per heavy atom. The van der Waals surface area contributed by atoms with Crippen LogP contribution >= 0.6 is 0 Å². The summed E-state index contributed by atoms with van der Waals surface area (Å²) in [4.78, 5) is 0. The molecule has 0 saturated heterocycles. The van der Waals surface area contributed by atoms with Gasteiger partial charge in [-0.3, -0.25) is 0 Å². The molecule has 0 unspecified atom stereocenters. The maximum absolute atomic E-state index is 2.27. The quantitative estimate of drug-likeness (QED) is 0.411. The van der Waals surface area contributed by atoms with E-state index in [9.17, 15) is 0 Å². The average Bonchev–Trinajstić information content (AvgIpc) is 2.63. The minimum absolute atomic E-state index is 0. The molecule has 0 aliphatic rings. The summed E-state index contributed by atoms with van der Waals surface area (Å²) in [6, 6.07) is 8.72. The van der Waals surface area contributed by atoms with Crippen molar-refractivity contribution in [1.29, 1.82) is 0 Å². The molecule has 91 valence electrons. The molecule has 0 aliphatic carbocycles. The molecule has 0 aliphatic heterocycles. The number of unbranched alkanes of at least 4 members (excludes halogenated alkanes) is 5. The van der Waals surface area contributed by atoms with Crippen LogP contribution in [-0.2, 0) is 32.6 Å². The predicted octanol–water partition coefficient (Wildman–Crippen LogP) is -1.69. The number of hydrogen-bond donors (Lipinski definition) is 0. The van der Waals surface area contributed by atoms with Crippen LogP contribution in [0.3, 0.4) is 0 Å². The van der Waals surface area contributed by atoms with Crippen LogP contribution in [0.25, 0.3) is 0 Å². The summed E-state index contributed by atoms with van der Waals surface area (Å²) in [7, 11) is 0. The van der Waals surface area contributed by atoms with Crippen LogP contribution in [0.15, 0.2) is 24.3 Å². The van der Waals surface area contributed by atoms with Crippen LogP contribution in [0.1, 0.15) is 51.0 Å². The monoisotopic (exact) mass is 337 g/mol. The Morgan fingerprint density at radius 3 is 2.19 bits per heavy atom. The first-order valence-electron chi connectivity index (χ1n) is 5.64. The third-order valence-corrected chi connectivity index (χ3v) is 2.55. The summed E-state index contributed by atoms with van der Waals surface area (Å²) in [6.07, 6.45) is 9.67. The first-order chi connectivity index (χ1) is 6.43. The summed E-state index contributed by atoms with van der Waals surface area (Å²) >= 11 is 0. The van der Waals surface area contributed by atoms with Gasteiger partial charge in [0.25, 0.3) is 0 Å². The van der Waals surface area contributed by atoms with Crippen LogP contribution < -0.4 is 24.8 Å². The smallest absolute Gasteiger partial charge is 1.00 e. The van der Waals surface area contributed by atoms with Gasteiger partial charge in [-0.2, -0.15) is 23.8 Å². The molecule has 0 amide bonds. The normalized spacial score (nSPS) is 8.56. The Kier molecular flexibility index (Phi) is 21.8. The summed E-state index contributed by atoms with van der Waals surface area (Å²) in [5.74, 6) is 0. The van der Waals surface area contributed by atoms with E-state index in [0.29, 0.717) is 0 Å². The predicted molar refractivity (Wildman–Crippen MR) is 59.1 cm³/mol. The van der Waals surface area contributed by atoms with Crippen molar-refractivity contribution in [2.75, 3.05) is 0 Å². The zero-order valence-electron chi connectivity index (χ0n) is 10.0. The van der Waals surface area contributed by atoms with E-state index in [1.54, 1.807) is 0 Å². The fourth-order valence-corrected chi connectivity index (χ4v) is 1.69. The molecular weight excluding hydrogens is 318 g/mol. The summed E-state index contributed by atoms with van der Waals surface area (Å²) in [5, 5.41) is 0. The second-order valence-corrected chi connectivity index (χ2v) is 3.81. The van der Waals surface area contributed by atoms with Crippen molar-refractivity contribution in [3.63, 3.8) is 0 Å². The van der Waals surface area contributed by atoms with Crippen molar-refractivity contribution in [1.82, 2.24) is 0 Å². The van der Waals surface area contributed by atoms with Gasteiger partial charge < -0.3 is 24.8 Å². The summed E-state index contributed by atoms with van der Waals surface area (Å²) in [6.45, 7) is 2.27. The van der Waals surface area contributed by atoms with E-state index in [1.165, 1.54) is 50.5 Å². The van der Waals surface area contributed by atoms with Gasteiger partial charge in [0.1, 0.15) is 0 Å². The summed E-state index contributed by atoms with van der Waals surface area (Å²) in [5.41, 5.74) is 1.51. The molecule has 0 N–H and O–H groups in total. The fraction of sp³-hybridized carbons (Fsp3) is 0.615. The molecule has 0 aromatic heterocycles. The molecule has 0 heterocycles. The fourth-order valence-electron chi connectivity index (χ4n) is 1.69. The van der Waals surface area contributed by atoms with Gasteiger partial charge in [-0.1, -0.05) is 51.9 Å². The van der Waals surface area contributed by atoms with Gasteiger partial charge in [0.15, 0.2) is 0 Å². The van der Waals surface area contributed by atoms with Crippen LogP contribution in [0.2, 0.25) is 0 Å². The molecule has 0 saturated carbocycles. The summed E-state index contributed by atoms with van der Waals surface area (Å²) < 4.78 is 0. The van der Waals surface area contributed by atoms with Gasteiger partial charge in [0.2, 0.25) is 0 Å². The van der Waals surface area contributed by atoms with Crippen LogP contribution in [0.4, 0.5) is 0 Å². The van der Waals surface area contributed by atoms with E-state index in [1.807, 2.05) is 0 Å². The number of halogens is 2. The van der Waals surface area contributed by atoms with Gasteiger partial charge in [0.05, 0.1) is 0 Å². The molecule has 1 rings (SSSR count). The maximum atomic E-state index is 2.27. The van der Waals surface area contributed by atoms with Crippen molar-refractivity contribution in [3.05, 3.63) is 29.8 Å². The molecule has 3 heteroatoms. The Hall–Kier alpha value is 0.813. The standard InChI is InChI=1S/C13H21.2ClH.Zr/c1-2-3-4-5-6-7-10-13-11-8-9-12-13;;;/h8-9,11-12H,2-7,10H2,1H3;2*1H;/q-1;;;+3/p-2. The molecular formula is C13H21Cl2Zr. The van der Waals surface area contributed by atoms with Gasteiger partial charge in [-0.05, 0) is 0 Å². The van der Waals surface area contributed by atoms with E-state index < -0.39 is 0 Å². The Balaban J connectivity index is -0.000000563. The molecule has 0 fully saturated rings. The number of rotatable bonds is 7. The third kappa shape index (κ3) is 11.3. The average molecular weight is 339 g/mol. The zero-order valence-corrected chi connectivity index (χ0v) is 14.0. The third-order valence-electron chi connectivity index (χ3n) is 2.55. The van der Waals surface area contributed by atoms with E-state index in [4.69, 9.17) is 0 Å². The van der Waals surface area contributed by atoms with Crippen molar-refractivity contribution in [3.8, 4) is 0 Å². The Labute approximate surface area is 132 Å². The van der Waals surface area contributed by atoms with Crippen molar-refractivity contribution in [2.24, 2.45) is 0 Å². The zero-order chi connectivity index (χ0) is 9.36. The van der Waals surface area contributed by atoms with Crippen LogP contribution in [0.5, 0.6) is 0 Å². The Bertz CT molecular complexity index is 198. The maximum Gasteiger partial charge on any atom is 3.00 e. The van der Waals surface area contributed by atoms with E-state index >= 15 is 0 Å². The topological polar surface area (TPSA) is 0 Å². The van der Waals surface area contributed by atoms with Gasteiger partial charge in [-0.25, -0.2) is 6.07 Å². The molecule has 0 nitrogen and oxygen atoms in total. The minimum Gasteiger partial charge on any atom is -1.00 e. The molecule has 1 radical (unpaired) electrons. The minimum atomic E-state index is 0. The van der Waals surface area contributed by atoms with Crippen molar-refractivity contribution >= 4 is 0 Å². The molecule has 1 aromatic rings. The van der Waals surface area contributed by atoms with Crippen molar-refractivity contribution in [2.45, 2.75) is 51.9 Å². The van der Waals surface area contributed by atoms with Gasteiger partial charge in [0, 0.05) is 0 Å². The molecule has 0 atom stereocenters. The molecule has 1 aromatic carbocycles. The largest absolute Gasteiger partial charge is 3.00 e. The second-order valence-electron chi connectivity index (χ2n) is 3.81. The van der Waals surface area contributed by atoms with E-state index in [2.05, 4.69) is 31.2 Å². The first-order valence-corrected chi connectivity index (χ1v) is 5.64. The van der Waals surface area contributed by atoms with Gasteiger partial charge in [-0.15, -0.1) is 0 Å². The van der Waals surface area contributed by atoms with Crippen molar-refractivity contribution < 1.29 is 51.0 Å².